The van der Waals surface area contributed by atoms with E-state index in [9.17, 15) is 23.1 Å². The number of carbonyl (C=O) groups excluding carboxylic acids is 1. The molecule has 7 heteroatoms. The van der Waals surface area contributed by atoms with Crippen LogP contribution in [0.25, 0.3) is 0 Å². The van der Waals surface area contributed by atoms with Crippen LogP contribution in [-0.2, 0) is 11.0 Å². The molecule has 1 rings (SSSR count). The standard InChI is InChI=1S/C12H15F3N2O2/c1-7(18)17-11-8(10(19)6-16-2)4-3-5-9(11)12(13,14)15/h3-5,10,16,19H,6H2,1-2H3,(H,17,18). The lowest BCUT2D eigenvalue weighted by Crippen LogP contribution is -2.21. The van der Waals surface area contributed by atoms with Gasteiger partial charge in [0.15, 0.2) is 0 Å². The fourth-order valence-electron chi connectivity index (χ4n) is 1.70. The van der Waals surface area contributed by atoms with E-state index < -0.39 is 29.4 Å². The second-order valence-electron chi connectivity index (χ2n) is 4.02. The van der Waals surface area contributed by atoms with Gasteiger partial charge >= 0.3 is 6.18 Å². The first-order valence-corrected chi connectivity index (χ1v) is 5.57. The number of likely N-dealkylation sites (N-methyl/N-ethyl adjacent to an activating group) is 1. The van der Waals surface area contributed by atoms with E-state index >= 15 is 0 Å². The predicted octanol–water partition coefficient (Wildman–Crippen LogP) is 1.92. The third kappa shape index (κ3) is 3.93. The maximum atomic E-state index is 12.9. The van der Waals surface area contributed by atoms with Crippen molar-refractivity contribution in [3.8, 4) is 0 Å². The quantitative estimate of drug-likeness (QED) is 0.787. The van der Waals surface area contributed by atoms with Crippen molar-refractivity contribution in [3.05, 3.63) is 29.3 Å². The van der Waals surface area contributed by atoms with Crippen LogP contribution in [0.4, 0.5) is 18.9 Å². The summed E-state index contributed by atoms with van der Waals surface area (Å²) in [5, 5.41) is 14.6. The van der Waals surface area contributed by atoms with Gasteiger partial charge in [-0.15, -0.1) is 0 Å². The van der Waals surface area contributed by atoms with E-state index in [-0.39, 0.29) is 12.1 Å². The molecule has 4 nitrogen and oxygen atoms in total. The van der Waals surface area contributed by atoms with Crippen LogP contribution in [0, 0.1) is 0 Å². The fraction of sp³-hybridized carbons (Fsp3) is 0.417. The van der Waals surface area contributed by atoms with E-state index in [1.165, 1.54) is 12.1 Å². The predicted molar refractivity (Wildman–Crippen MR) is 64.6 cm³/mol. The molecule has 1 atom stereocenters. The average molecular weight is 276 g/mol. The summed E-state index contributed by atoms with van der Waals surface area (Å²) in [5.74, 6) is -0.630. The number of carbonyl (C=O) groups is 1. The monoisotopic (exact) mass is 276 g/mol. The zero-order valence-corrected chi connectivity index (χ0v) is 10.5. The van der Waals surface area contributed by atoms with E-state index in [1.54, 1.807) is 7.05 Å². The zero-order chi connectivity index (χ0) is 14.6. The van der Waals surface area contributed by atoms with Crippen molar-refractivity contribution >= 4 is 11.6 Å². The maximum Gasteiger partial charge on any atom is 0.418 e. The normalized spacial score (nSPS) is 13.2. The number of nitrogens with one attached hydrogen (secondary N) is 2. The number of alkyl halides is 3. The van der Waals surface area contributed by atoms with Gasteiger partial charge in [0.2, 0.25) is 5.91 Å². The number of amides is 1. The van der Waals surface area contributed by atoms with Gasteiger partial charge in [-0.1, -0.05) is 12.1 Å². The number of halogens is 3. The Morgan fingerprint density at radius 1 is 1.42 bits per heavy atom. The summed E-state index contributed by atoms with van der Waals surface area (Å²) >= 11 is 0. The van der Waals surface area contributed by atoms with Gasteiger partial charge in [0.1, 0.15) is 0 Å². The lowest BCUT2D eigenvalue weighted by Gasteiger charge is -2.20. The van der Waals surface area contributed by atoms with Gasteiger partial charge in [-0.2, -0.15) is 13.2 Å². The summed E-state index contributed by atoms with van der Waals surface area (Å²) in [5.41, 5.74) is -1.35. The largest absolute Gasteiger partial charge is 0.418 e. The Labute approximate surface area is 108 Å². The minimum Gasteiger partial charge on any atom is -0.387 e. The molecule has 0 spiro atoms. The Bertz CT molecular complexity index is 461. The van der Waals surface area contributed by atoms with E-state index in [0.717, 1.165) is 13.0 Å². The van der Waals surface area contributed by atoms with Crippen LogP contribution in [-0.4, -0.2) is 24.6 Å². The van der Waals surface area contributed by atoms with Crippen LogP contribution >= 0.6 is 0 Å². The first-order chi connectivity index (χ1) is 8.77. The second kappa shape index (κ2) is 6.03. The molecule has 1 aromatic rings. The molecule has 0 saturated heterocycles. The van der Waals surface area contributed by atoms with Gasteiger partial charge < -0.3 is 15.7 Å². The number of aliphatic hydroxyl groups is 1. The summed E-state index contributed by atoms with van der Waals surface area (Å²) in [6, 6.07) is 3.41. The third-order valence-electron chi connectivity index (χ3n) is 2.46. The molecular weight excluding hydrogens is 261 g/mol. The summed E-state index contributed by atoms with van der Waals surface area (Å²) in [4.78, 5) is 11.0. The molecule has 1 amide bonds. The topological polar surface area (TPSA) is 61.4 Å². The first-order valence-electron chi connectivity index (χ1n) is 5.57. The van der Waals surface area contributed by atoms with Crippen LogP contribution in [0.2, 0.25) is 0 Å². The zero-order valence-electron chi connectivity index (χ0n) is 10.5. The Hall–Kier alpha value is -1.60. The van der Waals surface area contributed by atoms with Gasteiger partial charge in [0, 0.05) is 19.0 Å². The Kier molecular flexibility index (Phi) is 4.90. The minimum atomic E-state index is -4.60. The lowest BCUT2D eigenvalue weighted by molar-refractivity contribution is -0.137. The number of rotatable bonds is 4. The summed E-state index contributed by atoms with van der Waals surface area (Å²) in [7, 11) is 1.56. The van der Waals surface area contributed by atoms with Gasteiger partial charge in [0.05, 0.1) is 17.4 Å². The third-order valence-corrected chi connectivity index (χ3v) is 2.46. The van der Waals surface area contributed by atoms with Crippen LogP contribution < -0.4 is 10.6 Å². The number of anilines is 1. The number of hydrogen-bond acceptors (Lipinski definition) is 3. The number of aliphatic hydroxyl groups excluding tert-OH is 1. The first kappa shape index (κ1) is 15.5. The highest BCUT2D eigenvalue weighted by Gasteiger charge is 2.35. The van der Waals surface area contributed by atoms with Crippen LogP contribution in [0.15, 0.2) is 18.2 Å². The van der Waals surface area contributed by atoms with Crippen molar-refractivity contribution in [2.45, 2.75) is 19.2 Å². The summed E-state index contributed by atoms with van der Waals surface area (Å²) in [6.07, 6.45) is -5.75. The Morgan fingerprint density at radius 2 is 2.05 bits per heavy atom. The minimum absolute atomic E-state index is 0.0272. The second-order valence-corrected chi connectivity index (χ2v) is 4.02. The molecule has 19 heavy (non-hydrogen) atoms. The van der Waals surface area contributed by atoms with E-state index in [2.05, 4.69) is 10.6 Å². The van der Waals surface area contributed by atoms with Crippen LogP contribution in [0.1, 0.15) is 24.2 Å². The van der Waals surface area contributed by atoms with Crippen molar-refractivity contribution < 1.29 is 23.1 Å². The molecule has 0 aromatic heterocycles. The molecule has 0 aliphatic heterocycles. The number of benzene rings is 1. The smallest absolute Gasteiger partial charge is 0.387 e. The highest BCUT2D eigenvalue weighted by Crippen LogP contribution is 2.38. The van der Waals surface area contributed by atoms with Crippen molar-refractivity contribution in [1.82, 2.24) is 5.32 Å². The van der Waals surface area contributed by atoms with E-state index in [4.69, 9.17) is 0 Å². The molecule has 0 aliphatic carbocycles. The molecule has 0 heterocycles. The highest BCUT2D eigenvalue weighted by molar-refractivity contribution is 5.90. The Balaban J connectivity index is 3.34. The van der Waals surface area contributed by atoms with Gasteiger partial charge in [0.25, 0.3) is 0 Å². The van der Waals surface area contributed by atoms with Crippen LogP contribution in [0.5, 0.6) is 0 Å². The molecular formula is C12H15F3N2O2. The van der Waals surface area contributed by atoms with Gasteiger partial charge in [-0.05, 0) is 13.1 Å². The number of para-hydroxylation sites is 1. The van der Waals surface area contributed by atoms with Crippen molar-refractivity contribution in [1.29, 1.82) is 0 Å². The Morgan fingerprint density at radius 3 is 2.53 bits per heavy atom. The van der Waals surface area contributed by atoms with Gasteiger partial charge in [-0.3, -0.25) is 4.79 Å². The fourth-order valence-corrected chi connectivity index (χ4v) is 1.70. The molecule has 106 valence electrons. The molecule has 3 N–H and O–H groups in total. The highest BCUT2D eigenvalue weighted by atomic mass is 19.4. The molecule has 0 saturated carbocycles. The molecule has 1 aromatic carbocycles. The molecule has 1 unspecified atom stereocenters. The SMILES string of the molecule is CNCC(O)c1cccc(C(F)(F)F)c1NC(C)=O. The maximum absolute atomic E-state index is 12.9. The van der Waals surface area contributed by atoms with Crippen molar-refractivity contribution in [3.63, 3.8) is 0 Å². The summed E-state index contributed by atoms with van der Waals surface area (Å²) in [6.45, 7) is 1.19. The number of hydrogen-bond donors (Lipinski definition) is 3. The summed E-state index contributed by atoms with van der Waals surface area (Å²) < 4.78 is 38.6. The van der Waals surface area contributed by atoms with Gasteiger partial charge in [-0.25, -0.2) is 0 Å². The lowest BCUT2D eigenvalue weighted by atomic mass is 10.0. The average Bonchev–Trinajstić information content (AvgIpc) is 2.27. The van der Waals surface area contributed by atoms with Crippen molar-refractivity contribution in [2.24, 2.45) is 0 Å². The van der Waals surface area contributed by atoms with Crippen LogP contribution in [0.3, 0.4) is 0 Å². The molecule has 0 fully saturated rings. The molecule has 0 bridgehead atoms. The van der Waals surface area contributed by atoms with E-state index in [1.807, 2.05) is 0 Å². The van der Waals surface area contributed by atoms with E-state index in [0.29, 0.717) is 0 Å². The molecule has 0 radical (unpaired) electrons. The van der Waals surface area contributed by atoms with Crippen molar-refractivity contribution in [2.75, 3.05) is 18.9 Å². The molecule has 0 aliphatic rings.